The summed E-state index contributed by atoms with van der Waals surface area (Å²) in [4.78, 5) is 34.6. The summed E-state index contributed by atoms with van der Waals surface area (Å²) in [6.45, 7) is 1.79. The lowest BCUT2D eigenvalue weighted by Crippen LogP contribution is -2.54. The van der Waals surface area contributed by atoms with Gasteiger partial charge in [-0.3, -0.25) is 18.8 Å². The van der Waals surface area contributed by atoms with E-state index in [0.717, 1.165) is 16.2 Å². The van der Waals surface area contributed by atoms with Crippen LogP contribution in [-0.4, -0.2) is 92.1 Å². The molecule has 3 atom stereocenters. The molecule has 1 N–H and O–H groups in total. The highest BCUT2D eigenvalue weighted by Crippen LogP contribution is 2.58. The van der Waals surface area contributed by atoms with E-state index in [0.29, 0.717) is 12.8 Å². The molecule has 0 aliphatic carbocycles. The Kier molecular flexibility index (Phi) is 5.77. The first kappa shape index (κ1) is 24.0. The molecule has 4 heterocycles. The van der Waals surface area contributed by atoms with Gasteiger partial charge in [0.1, 0.15) is 11.5 Å². The average Bonchev–Trinajstić information content (AvgIpc) is 3.41. The van der Waals surface area contributed by atoms with Crippen LogP contribution in [0, 0.1) is 0 Å². The van der Waals surface area contributed by atoms with E-state index < -0.39 is 45.9 Å². The Labute approximate surface area is 204 Å². The summed E-state index contributed by atoms with van der Waals surface area (Å²) in [5.41, 5.74) is 0.970. The summed E-state index contributed by atoms with van der Waals surface area (Å²) in [6, 6.07) is 6.25. The van der Waals surface area contributed by atoms with Crippen LogP contribution in [-0.2, 0) is 29.8 Å². The summed E-state index contributed by atoms with van der Waals surface area (Å²) in [6.07, 6.45) is 1.42. The fourth-order valence-electron chi connectivity index (χ4n) is 6.09. The molecule has 0 saturated carbocycles. The van der Waals surface area contributed by atoms with Gasteiger partial charge in [0.25, 0.3) is 11.8 Å². The number of anilines is 1. The number of unbranched alkanes of at least 4 members (excludes halogenated alkanes) is 1. The van der Waals surface area contributed by atoms with Crippen LogP contribution in [0.25, 0.3) is 0 Å². The van der Waals surface area contributed by atoms with Gasteiger partial charge in [0.05, 0.1) is 48.6 Å². The number of ether oxygens (including phenoxy) is 1. The minimum absolute atomic E-state index is 0.0179. The molecular weight excluding hydrogens is 472 g/mol. The molecule has 4 aliphatic rings. The zero-order chi connectivity index (χ0) is 25.1. The van der Waals surface area contributed by atoms with Crippen molar-refractivity contribution in [1.29, 1.82) is 0 Å². The van der Waals surface area contributed by atoms with E-state index in [2.05, 4.69) is 4.99 Å². The summed E-state index contributed by atoms with van der Waals surface area (Å²) in [5.74, 6) is -0.841. The molecule has 0 bridgehead atoms. The number of para-hydroxylation sites is 1. The van der Waals surface area contributed by atoms with E-state index in [4.69, 9.17) is 4.74 Å². The van der Waals surface area contributed by atoms with Crippen molar-refractivity contribution >= 4 is 33.4 Å². The van der Waals surface area contributed by atoms with Crippen LogP contribution in [0.1, 0.15) is 31.7 Å². The monoisotopic (exact) mass is 502 g/mol. The van der Waals surface area contributed by atoms with Gasteiger partial charge in [-0.25, -0.2) is 13.4 Å². The number of aliphatic hydroxyl groups excluding tert-OH is 1. The summed E-state index contributed by atoms with van der Waals surface area (Å²) >= 11 is 0. The van der Waals surface area contributed by atoms with Crippen molar-refractivity contribution in [2.45, 2.75) is 43.7 Å². The first-order valence-electron chi connectivity index (χ1n) is 11.9. The first-order chi connectivity index (χ1) is 16.7. The van der Waals surface area contributed by atoms with Gasteiger partial charge in [0.15, 0.2) is 0 Å². The minimum atomic E-state index is -3.83. The molecule has 0 radical (unpaired) electrons. The third kappa shape index (κ3) is 3.14. The fourth-order valence-corrected chi connectivity index (χ4v) is 8.01. The number of nitrogens with zero attached hydrogens (tertiary/aromatic N) is 4. The van der Waals surface area contributed by atoms with Gasteiger partial charge in [-0.05, 0) is 24.5 Å². The number of amides is 2. The summed E-state index contributed by atoms with van der Waals surface area (Å²) in [7, 11) is -0.489. The van der Waals surface area contributed by atoms with E-state index in [-0.39, 0.29) is 42.4 Å². The normalized spacial score (nSPS) is 27.3. The SMILES string of the molecule is CCCCS(=O)(=O)N1C2=NC3=C(C(=O)N(CCOC)C3=O)C3N(C)c4ccccc4[C@]23C[C@H]1CO. The molecule has 2 amide bonds. The van der Waals surface area contributed by atoms with Crippen LogP contribution in [0.3, 0.4) is 0 Å². The Bertz CT molecular complexity index is 1260. The Balaban J connectivity index is 1.74. The number of aliphatic hydroxyl groups is 1. The van der Waals surface area contributed by atoms with Crippen LogP contribution >= 0.6 is 0 Å². The third-order valence-corrected chi connectivity index (χ3v) is 9.45. The number of rotatable bonds is 8. The lowest BCUT2D eigenvalue weighted by atomic mass is 9.70. The van der Waals surface area contributed by atoms with Gasteiger partial charge in [0.2, 0.25) is 10.0 Å². The molecule has 10 nitrogen and oxygen atoms in total. The van der Waals surface area contributed by atoms with Crippen LogP contribution in [0.4, 0.5) is 5.69 Å². The van der Waals surface area contributed by atoms with Crippen molar-refractivity contribution < 1.29 is 27.9 Å². The highest BCUT2D eigenvalue weighted by Gasteiger charge is 2.67. The second-order valence-corrected chi connectivity index (χ2v) is 11.4. The number of benzene rings is 1. The number of hydrogen-bond donors (Lipinski definition) is 1. The first-order valence-corrected chi connectivity index (χ1v) is 13.5. The highest BCUT2D eigenvalue weighted by atomic mass is 32.2. The van der Waals surface area contributed by atoms with E-state index in [1.165, 1.54) is 11.4 Å². The van der Waals surface area contributed by atoms with Crippen molar-refractivity contribution in [2.75, 3.05) is 44.6 Å². The number of likely N-dealkylation sites (N-methyl/N-ethyl adjacent to an activating group) is 1. The van der Waals surface area contributed by atoms with Crippen LogP contribution < -0.4 is 4.90 Å². The van der Waals surface area contributed by atoms with Crippen molar-refractivity contribution in [3.8, 4) is 0 Å². The molecule has 1 saturated heterocycles. The molecular formula is C24H30N4O6S. The van der Waals surface area contributed by atoms with Crippen LogP contribution in [0.5, 0.6) is 0 Å². The topological polar surface area (TPSA) is 120 Å². The molecule has 11 heteroatoms. The molecule has 1 fully saturated rings. The molecule has 1 aromatic carbocycles. The van der Waals surface area contributed by atoms with Crippen molar-refractivity contribution in [3.63, 3.8) is 0 Å². The van der Waals surface area contributed by atoms with Gasteiger partial charge in [-0.2, -0.15) is 0 Å². The Morgan fingerprint density at radius 1 is 1.23 bits per heavy atom. The predicted molar refractivity (Wildman–Crippen MR) is 129 cm³/mol. The average molecular weight is 503 g/mol. The van der Waals surface area contributed by atoms with E-state index >= 15 is 0 Å². The quantitative estimate of drug-likeness (QED) is 0.518. The Hall–Kier alpha value is -2.76. The smallest absolute Gasteiger partial charge is 0.280 e. The summed E-state index contributed by atoms with van der Waals surface area (Å²) in [5, 5.41) is 10.3. The molecule has 188 valence electrons. The number of amidine groups is 1. The van der Waals surface area contributed by atoms with Gasteiger partial charge >= 0.3 is 0 Å². The minimum Gasteiger partial charge on any atom is -0.394 e. The lowest BCUT2D eigenvalue weighted by molar-refractivity contribution is -0.138. The second-order valence-electron chi connectivity index (χ2n) is 9.46. The van der Waals surface area contributed by atoms with Gasteiger partial charge in [-0.15, -0.1) is 0 Å². The zero-order valence-electron chi connectivity index (χ0n) is 20.1. The Morgan fingerprint density at radius 3 is 2.66 bits per heavy atom. The Morgan fingerprint density at radius 2 is 1.97 bits per heavy atom. The number of sulfonamides is 1. The number of carbonyl (C=O) groups is 2. The molecule has 1 spiro atoms. The van der Waals surface area contributed by atoms with E-state index in [9.17, 15) is 23.1 Å². The standard InChI is InChI=1S/C24H30N4O6S/c1-4-5-12-35(32,33)28-15(14-29)13-24-16-8-6-7-9-17(16)26(2)20(24)18-19(25-23(24)28)22(31)27(21(18)30)10-11-34-3/h6-9,15,20,29H,4-5,10-14H2,1-3H3/t15-,20?,24-/m0/s1. The largest absolute Gasteiger partial charge is 0.394 e. The van der Waals surface area contributed by atoms with Crippen molar-refractivity contribution in [3.05, 3.63) is 41.1 Å². The van der Waals surface area contributed by atoms with E-state index in [1.807, 2.05) is 43.1 Å². The third-order valence-electron chi connectivity index (χ3n) is 7.57. The van der Waals surface area contributed by atoms with Gasteiger partial charge in [-0.1, -0.05) is 31.5 Å². The van der Waals surface area contributed by atoms with Crippen molar-refractivity contribution in [2.24, 2.45) is 4.99 Å². The number of carbonyl (C=O) groups excluding carboxylic acids is 2. The number of fused-ring (bicyclic) bond motifs is 2. The maximum atomic E-state index is 13.6. The second kappa shape index (κ2) is 8.42. The zero-order valence-corrected chi connectivity index (χ0v) is 20.9. The maximum Gasteiger partial charge on any atom is 0.280 e. The predicted octanol–water partition coefficient (Wildman–Crippen LogP) is 0.621. The van der Waals surface area contributed by atoms with Crippen LogP contribution in [0.2, 0.25) is 0 Å². The molecule has 4 aliphatic heterocycles. The fraction of sp³-hybridized carbons (Fsp3) is 0.542. The van der Waals surface area contributed by atoms with Crippen molar-refractivity contribution in [1.82, 2.24) is 9.21 Å². The molecule has 5 rings (SSSR count). The molecule has 1 aromatic rings. The molecule has 1 unspecified atom stereocenters. The van der Waals surface area contributed by atoms with E-state index in [1.54, 1.807) is 0 Å². The number of hydrogen-bond acceptors (Lipinski definition) is 8. The number of imide groups is 1. The lowest BCUT2D eigenvalue weighted by Gasteiger charge is -2.38. The maximum absolute atomic E-state index is 13.6. The van der Waals surface area contributed by atoms with Gasteiger partial charge in [0, 0.05) is 19.8 Å². The number of aliphatic imine (C=N–C) groups is 1. The number of methoxy groups -OCH3 is 1. The summed E-state index contributed by atoms with van der Waals surface area (Å²) < 4.78 is 33.5. The highest BCUT2D eigenvalue weighted by molar-refractivity contribution is 7.89. The molecule has 0 aromatic heterocycles. The van der Waals surface area contributed by atoms with Crippen LogP contribution in [0.15, 0.2) is 40.5 Å². The molecule has 35 heavy (non-hydrogen) atoms. The van der Waals surface area contributed by atoms with Gasteiger partial charge < -0.3 is 14.7 Å².